The molecule has 0 fully saturated rings. The smallest absolute Gasteiger partial charge is 0.341 e. The maximum Gasteiger partial charge on any atom is 0.341 e. The summed E-state index contributed by atoms with van der Waals surface area (Å²) in [6.07, 6.45) is 0.486. The highest BCUT2D eigenvalue weighted by molar-refractivity contribution is 6.25. The molecule has 1 aliphatic rings. The summed E-state index contributed by atoms with van der Waals surface area (Å²) in [6, 6.07) is 21.9. The number of rotatable bonds is 7. The van der Waals surface area contributed by atoms with Crippen molar-refractivity contribution in [3.05, 3.63) is 106 Å². The Hall–Kier alpha value is -4.19. The first-order valence-corrected chi connectivity index (χ1v) is 11.4. The summed E-state index contributed by atoms with van der Waals surface area (Å²) in [7, 11) is 1.62. The minimum Gasteiger partial charge on any atom is -0.497 e. The van der Waals surface area contributed by atoms with E-state index in [0.29, 0.717) is 18.5 Å². The molecule has 176 valence electrons. The van der Waals surface area contributed by atoms with Crippen LogP contribution in [0.25, 0.3) is 10.8 Å². The molecule has 1 aliphatic heterocycles. The third-order valence-corrected chi connectivity index (χ3v) is 6.30. The Kier molecular flexibility index (Phi) is 5.95. The molecule has 1 heterocycles. The average Bonchev–Trinajstić information content (AvgIpc) is 3.14. The maximum atomic E-state index is 14.2. The van der Waals surface area contributed by atoms with Crippen molar-refractivity contribution in [2.75, 3.05) is 18.6 Å². The second-order valence-corrected chi connectivity index (χ2v) is 8.42. The highest BCUT2D eigenvalue weighted by atomic mass is 19.1. The van der Waals surface area contributed by atoms with E-state index in [1.165, 1.54) is 12.1 Å². The topological polar surface area (TPSA) is 55.8 Å². The molecule has 0 radical (unpaired) electrons. The van der Waals surface area contributed by atoms with E-state index >= 15 is 0 Å². The molecule has 0 saturated carbocycles. The zero-order valence-electron chi connectivity index (χ0n) is 19.5. The first kappa shape index (κ1) is 22.6. The molecule has 0 aliphatic carbocycles. The summed E-state index contributed by atoms with van der Waals surface area (Å²) in [5.41, 5.74) is 4.24. The molecular formula is C29H24FNO4. The molecule has 0 atom stereocenters. The van der Waals surface area contributed by atoms with E-state index in [9.17, 15) is 14.0 Å². The van der Waals surface area contributed by atoms with Gasteiger partial charge in [0, 0.05) is 10.9 Å². The number of nitrogens with zero attached hydrogens (tertiary/aromatic N) is 1. The predicted octanol–water partition coefficient (Wildman–Crippen LogP) is 5.92. The largest absolute Gasteiger partial charge is 0.497 e. The standard InChI is InChI=1S/C29H24FNO4/c1-3-35-29(33)24-16-19(9-14-25(24)30)15-20-10-13-23-27-22(20)5-4-6-26(27)31(28(23)32)17-18-7-11-21(34-2)12-8-18/h4-14,16H,3,15,17H2,1-2H3. The molecule has 0 saturated heterocycles. The lowest BCUT2D eigenvalue weighted by molar-refractivity contribution is 0.0520. The van der Waals surface area contributed by atoms with Crippen LogP contribution in [0.4, 0.5) is 10.1 Å². The highest BCUT2D eigenvalue weighted by Crippen LogP contribution is 2.40. The zero-order valence-corrected chi connectivity index (χ0v) is 19.5. The quantitative estimate of drug-likeness (QED) is 0.316. The number of esters is 1. The number of hydrogen-bond donors (Lipinski definition) is 0. The van der Waals surface area contributed by atoms with Crippen LogP contribution in [-0.2, 0) is 17.7 Å². The number of anilines is 1. The van der Waals surface area contributed by atoms with Crippen LogP contribution < -0.4 is 9.64 Å². The molecule has 0 spiro atoms. The lowest BCUT2D eigenvalue weighted by Crippen LogP contribution is -2.25. The van der Waals surface area contributed by atoms with E-state index in [0.717, 1.165) is 38.9 Å². The van der Waals surface area contributed by atoms with Gasteiger partial charge in [-0.2, -0.15) is 0 Å². The van der Waals surface area contributed by atoms with Crippen LogP contribution >= 0.6 is 0 Å². The predicted molar refractivity (Wildman–Crippen MR) is 133 cm³/mol. The number of carbonyl (C=O) groups excluding carboxylic acids is 2. The lowest BCUT2D eigenvalue weighted by Gasteiger charge is -2.18. The number of benzene rings is 4. The van der Waals surface area contributed by atoms with Gasteiger partial charge in [0.15, 0.2) is 0 Å². The summed E-state index contributed by atoms with van der Waals surface area (Å²) in [5.74, 6) is -0.548. The van der Waals surface area contributed by atoms with Gasteiger partial charge in [0.2, 0.25) is 0 Å². The molecule has 0 aromatic heterocycles. The zero-order chi connectivity index (χ0) is 24.5. The van der Waals surface area contributed by atoms with Crippen LogP contribution in [0.5, 0.6) is 5.75 Å². The van der Waals surface area contributed by atoms with Crippen molar-refractivity contribution in [1.29, 1.82) is 0 Å². The Bertz CT molecular complexity index is 1450. The number of methoxy groups -OCH3 is 1. The summed E-state index contributed by atoms with van der Waals surface area (Å²) in [4.78, 5) is 27.2. The van der Waals surface area contributed by atoms with Crippen molar-refractivity contribution in [3.63, 3.8) is 0 Å². The minimum atomic E-state index is -0.674. The summed E-state index contributed by atoms with van der Waals surface area (Å²) in [6.45, 7) is 2.32. The van der Waals surface area contributed by atoms with Crippen LogP contribution in [0.3, 0.4) is 0 Å². The monoisotopic (exact) mass is 469 g/mol. The fourth-order valence-electron chi connectivity index (χ4n) is 4.60. The Labute approximate surface area is 202 Å². The van der Waals surface area contributed by atoms with Crippen molar-refractivity contribution < 1.29 is 23.5 Å². The SMILES string of the molecule is CCOC(=O)c1cc(Cc2ccc3c4c(cccc24)N(Cc2ccc(OC)cc2)C3=O)ccc1F. The Morgan fingerprint density at radius 2 is 1.74 bits per heavy atom. The van der Waals surface area contributed by atoms with Crippen molar-refractivity contribution in [3.8, 4) is 5.75 Å². The summed E-state index contributed by atoms with van der Waals surface area (Å²) >= 11 is 0. The fourth-order valence-corrected chi connectivity index (χ4v) is 4.60. The fraction of sp³-hybridized carbons (Fsp3) is 0.172. The molecule has 35 heavy (non-hydrogen) atoms. The van der Waals surface area contributed by atoms with E-state index in [4.69, 9.17) is 9.47 Å². The van der Waals surface area contributed by atoms with Crippen molar-refractivity contribution in [1.82, 2.24) is 0 Å². The number of amides is 1. The number of halogens is 1. The van der Waals surface area contributed by atoms with E-state index in [1.807, 2.05) is 54.6 Å². The van der Waals surface area contributed by atoms with Gasteiger partial charge in [0.1, 0.15) is 11.6 Å². The minimum absolute atomic E-state index is 0.0371. The Balaban J connectivity index is 1.49. The van der Waals surface area contributed by atoms with Gasteiger partial charge in [-0.05, 0) is 71.8 Å². The van der Waals surface area contributed by atoms with Gasteiger partial charge >= 0.3 is 5.97 Å². The van der Waals surface area contributed by atoms with Gasteiger partial charge in [0.25, 0.3) is 5.91 Å². The van der Waals surface area contributed by atoms with Crippen LogP contribution in [0.1, 0.15) is 44.3 Å². The molecule has 1 amide bonds. The summed E-state index contributed by atoms with van der Waals surface area (Å²) < 4.78 is 24.4. The van der Waals surface area contributed by atoms with Crippen molar-refractivity contribution in [2.45, 2.75) is 19.9 Å². The number of carbonyl (C=O) groups is 2. The number of ether oxygens (including phenoxy) is 2. The Morgan fingerprint density at radius 3 is 2.49 bits per heavy atom. The van der Waals surface area contributed by atoms with Gasteiger partial charge in [-0.3, -0.25) is 4.79 Å². The van der Waals surface area contributed by atoms with Gasteiger partial charge < -0.3 is 14.4 Å². The maximum absolute atomic E-state index is 14.2. The molecule has 5 nitrogen and oxygen atoms in total. The highest BCUT2D eigenvalue weighted by Gasteiger charge is 2.30. The van der Waals surface area contributed by atoms with Gasteiger partial charge in [-0.15, -0.1) is 0 Å². The molecule has 4 aromatic rings. The molecule has 0 unspecified atom stereocenters. The molecular weight excluding hydrogens is 445 g/mol. The van der Waals surface area contributed by atoms with E-state index in [-0.39, 0.29) is 18.1 Å². The Morgan fingerprint density at radius 1 is 0.971 bits per heavy atom. The van der Waals surface area contributed by atoms with Crippen LogP contribution in [0.15, 0.2) is 72.8 Å². The van der Waals surface area contributed by atoms with E-state index < -0.39 is 11.8 Å². The first-order valence-electron chi connectivity index (χ1n) is 11.4. The lowest BCUT2D eigenvalue weighted by atomic mass is 9.95. The van der Waals surface area contributed by atoms with Crippen LogP contribution in [0.2, 0.25) is 0 Å². The second-order valence-electron chi connectivity index (χ2n) is 8.42. The molecule has 6 heteroatoms. The van der Waals surface area contributed by atoms with Gasteiger partial charge in [-0.25, -0.2) is 9.18 Å². The third kappa shape index (κ3) is 4.12. The molecule has 5 rings (SSSR count). The third-order valence-electron chi connectivity index (χ3n) is 6.30. The van der Waals surface area contributed by atoms with Gasteiger partial charge in [-0.1, -0.05) is 36.4 Å². The second kappa shape index (κ2) is 9.22. The average molecular weight is 470 g/mol. The van der Waals surface area contributed by atoms with Gasteiger partial charge in [0.05, 0.1) is 31.5 Å². The normalized spacial score (nSPS) is 12.3. The van der Waals surface area contributed by atoms with Crippen LogP contribution in [-0.4, -0.2) is 25.6 Å². The van der Waals surface area contributed by atoms with E-state index in [1.54, 1.807) is 25.0 Å². The first-order chi connectivity index (χ1) is 17.0. The van der Waals surface area contributed by atoms with Crippen LogP contribution in [0, 0.1) is 5.82 Å². The van der Waals surface area contributed by atoms with Crippen molar-refractivity contribution in [2.24, 2.45) is 0 Å². The summed E-state index contributed by atoms with van der Waals surface area (Å²) in [5, 5.41) is 1.88. The molecule has 0 bridgehead atoms. The van der Waals surface area contributed by atoms with Crippen molar-refractivity contribution >= 4 is 28.3 Å². The van der Waals surface area contributed by atoms with E-state index in [2.05, 4.69) is 0 Å². The molecule has 4 aromatic carbocycles. The molecule has 0 N–H and O–H groups in total. The number of hydrogen-bond acceptors (Lipinski definition) is 4.